The first-order chi connectivity index (χ1) is 8.69. The molecule has 0 amide bonds. The molecule has 100 valence electrons. The molecule has 2 unspecified atom stereocenters. The Morgan fingerprint density at radius 3 is 2.89 bits per heavy atom. The lowest BCUT2D eigenvalue weighted by Gasteiger charge is -2.36. The zero-order chi connectivity index (χ0) is 13.0. The van der Waals surface area contributed by atoms with Crippen molar-refractivity contribution in [1.29, 1.82) is 0 Å². The van der Waals surface area contributed by atoms with Gasteiger partial charge in [0, 0.05) is 19.1 Å². The minimum Gasteiger partial charge on any atom is -0.313 e. The van der Waals surface area contributed by atoms with Crippen molar-refractivity contribution in [3.8, 4) is 0 Å². The van der Waals surface area contributed by atoms with Crippen molar-refractivity contribution < 1.29 is 0 Å². The van der Waals surface area contributed by atoms with Gasteiger partial charge >= 0.3 is 0 Å². The molecule has 1 heterocycles. The lowest BCUT2D eigenvalue weighted by atomic mass is 9.87. The van der Waals surface area contributed by atoms with E-state index in [0.29, 0.717) is 12.0 Å². The Morgan fingerprint density at radius 1 is 1.33 bits per heavy atom. The summed E-state index contributed by atoms with van der Waals surface area (Å²) in [6.07, 6.45) is 2.49. The first kappa shape index (κ1) is 13.6. The highest BCUT2D eigenvalue weighted by Gasteiger charge is 2.25. The number of benzene rings is 1. The Kier molecular flexibility index (Phi) is 4.79. The van der Waals surface area contributed by atoms with Gasteiger partial charge < -0.3 is 10.2 Å². The van der Waals surface area contributed by atoms with Crippen LogP contribution in [0.25, 0.3) is 0 Å². The summed E-state index contributed by atoms with van der Waals surface area (Å²) < 4.78 is 0. The molecular formula is C16H26N2. The highest BCUT2D eigenvalue weighted by molar-refractivity contribution is 5.26. The first-order valence-electron chi connectivity index (χ1n) is 7.17. The predicted octanol–water partition coefficient (Wildman–Crippen LogP) is 2.78. The molecule has 1 fully saturated rings. The van der Waals surface area contributed by atoms with E-state index in [2.05, 4.69) is 55.4 Å². The van der Waals surface area contributed by atoms with E-state index in [9.17, 15) is 0 Å². The summed E-state index contributed by atoms with van der Waals surface area (Å²) in [7, 11) is 2.24. The van der Waals surface area contributed by atoms with Crippen molar-refractivity contribution >= 4 is 0 Å². The first-order valence-corrected chi connectivity index (χ1v) is 7.17. The topological polar surface area (TPSA) is 15.3 Å². The minimum atomic E-state index is 0.647. The SMILES string of the molecule is CCCNC1CC(c2cccc(C)c2)CN(C)C1. The molecule has 2 nitrogen and oxygen atoms in total. The molecule has 1 aliphatic heterocycles. The van der Waals surface area contributed by atoms with E-state index in [1.54, 1.807) is 0 Å². The molecule has 1 N–H and O–H groups in total. The van der Waals surface area contributed by atoms with Crippen LogP contribution in [0.3, 0.4) is 0 Å². The number of nitrogens with zero attached hydrogens (tertiary/aromatic N) is 1. The fourth-order valence-electron chi connectivity index (χ4n) is 2.98. The predicted molar refractivity (Wildman–Crippen MR) is 78.1 cm³/mol. The third-order valence-electron chi connectivity index (χ3n) is 3.83. The van der Waals surface area contributed by atoms with E-state index in [4.69, 9.17) is 0 Å². The van der Waals surface area contributed by atoms with E-state index in [1.165, 1.54) is 37.1 Å². The van der Waals surface area contributed by atoms with Gasteiger partial charge in [-0.25, -0.2) is 0 Å². The Bertz CT molecular complexity index is 375. The van der Waals surface area contributed by atoms with Crippen LogP contribution in [0, 0.1) is 6.92 Å². The summed E-state index contributed by atoms with van der Waals surface area (Å²) in [5, 5.41) is 3.67. The number of nitrogens with one attached hydrogen (secondary N) is 1. The van der Waals surface area contributed by atoms with E-state index < -0.39 is 0 Å². The quantitative estimate of drug-likeness (QED) is 0.879. The summed E-state index contributed by atoms with van der Waals surface area (Å²) >= 11 is 0. The summed E-state index contributed by atoms with van der Waals surface area (Å²) in [6, 6.07) is 9.65. The average molecular weight is 246 g/mol. The van der Waals surface area contributed by atoms with Gasteiger partial charge in [-0.05, 0) is 44.8 Å². The maximum atomic E-state index is 3.67. The lowest BCUT2D eigenvalue weighted by molar-refractivity contribution is 0.205. The van der Waals surface area contributed by atoms with Crippen LogP contribution in [-0.4, -0.2) is 37.6 Å². The van der Waals surface area contributed by atoms with Crippen LogP contribution in [0.15, 0.2) is 24.3 Å². The van der Waals surface area contributed by atoms with Gasteiger partial charge in [-0.15, -0.1) is 0 Å². The van der Waals surface area contributed by atoms with Crippen LogP contribution in [-0.2, 0) is 0 Å². The molecule has 1 saturated heterocycles. The Hall–Kier alpha value is -0.860. The average Bonchev–Trinajstić information content (AvgIpc) is 2.36. The Morgan fingerprint density at radius 2 is 2.17 bits per heavy atom. The van der Waals surface area contributed by atoms with Crippen LogP contribution < -0.4 is 5.32 Å². The lowest BCUT2D eigenvalue weighted by Crippen LogP contribution is -2.47. The highest BCUT2D eigenvalue weighted by Crippen LogP contribution is 2.26. The second-order valence-corrected chi connectivity index (χ2v) is 5.72. The van der Waals surface area contributed by atoms with Crippen molar-refractivity contribution in [3.63, 3.8) is 0 Å². The third kappa shape index (κ3) is 3.56. The van der Waals surface area contributed by atoms with Gasteiger partial charge in [0.15, 0.2) is 0 Å². The molecule has 0 aromatic heterocycles. The van der Waals surface area contributed by atoms with Crippen LogP contribution in [0.4, 0.5) is 0 Å². The zero-order valence-electron chi connectivity index (χ0n) is 11.9. The molecule has 0 saturated carbocycles. The number of piperidine rings is 1. The van der Waals surface area contributed by atoms with Gasteiger partial charge in [-0.2, -0.15) is 0 Å². The number of aryl methyl sites for hydroxylation is 1. The molecule has 1 aromatic rings. The van der Waals surface area contributed by atoms with Crippen LogP contribution in [0.1, 0.15) is 36.8 Å². The second kappa shape index (κ2) is 6.35. The molecule has 1 aliphatic rings. The number of likely N-dealkylation sites (N-methyl/N-ethyl adjacent to an activating group) is 1. The van der Waals surface area contributed by atoms with Crippen LogP contribution in [0.5, 0.6) is 0 Å². The molecule has 0 spiro atoms. The van der Waals surface area contributed by atoms with Crippen molar-refractivity contribution in [2.24, 2.45) is 0 Å². The molecule has 0 radical (unpaired) electrons. The summed E-state index contributed by atoms with van der Waals surface area (Å²) in [4.78, 5) is 2.46. The molecule has 2 heteroatoms. The third-order valence-corrected chi connectivity index (χ3v) is 3.83. The largest absolute Gasteiger partial charge is 0.313 e. The van der Waals surface area contributed by atoms with Gasteiger partial charge in [-0.1, -0.05) is 36.8 Å². The minimum absolute atomic E-state index is 0.647. The molecular weight excluding hydrogens is 220 g/mol. The maximum absolute atomic E-state index is 3.67. The standard InChI is InChI=1S/C16H26N2/c1-4-8-17-16-10-15(11-18(3)12-16)14-7-5-6-13(2)9-14/h5-7,9,15-17H,4,8,10-12H2,1-3H3. The van der Waals surface area contributed by atoms with Crippen molar-refractivity contribution in [2.75, 3.05) is 26.7 Å². The second-order valence-electron chi connectivity index (χ2n) is 5.72. The molecule has 0 bridgehead atoms. The highest BCUT2D eigenvalue weighted by atomic mass is 15.1. The molecule has 0 aliphatic carbocycles. The maximum Gasteiger partial charge on any atom is 0.0201 e. The van der Waals surface area contributed by atoms with Crippen LogP contribution in [0.2, 0.25) is 0 Å². The molecule has 18 heavy (non-hydrogen) atoms. The van der Waals surface area contributed by atoms with Crippen molar-refractivity contribution in [2.45, 2.75) is 38.6 Å². The molecule has 2 rings (SSSR count). The molecule has 1 aromatic carbocycles. The molecule has 2 atom stereocenters. The van der Waals surface area contributed by atoms with E-state index in [-0.39, 0.29) is 0 Å². The van der Waals surface area contributed by atoms with Gasteiger partial charge in [0.1, 0.15) is 0 Å². The zero-order valence-corrected chi connectivity index (χ0v) is 11.9. The fraction of sp³-hybridized carbons (Fsp3) is 0.625. The van der Waals surface area contributed by atoms with E-state index in [0.717, 1.165) is 6.54 Å². The van der Waals surface area contributed by atoms with E-state index >= 15 is 0 Å². The Balaban J connectivity index is 2.03. The monoisotopic (exact) mass is 246 g/mol. The number of likely N-dealkylation sites (tertiary alicyclic amines) is 1. The van der Waals surface area contributed by atoms with E-state index in [1.807, 2.05) is 0 Å². The number of hydrogen-bond donors (Lipinski definition) is 1. The van der Waals surface area contributed by atoms with Crippen molar-refractivity contribution in [3.05, 3.63) is 35.4 Å². The van der Waals surface area contributed by atoms with Gasteiger partial charge in [0.2, 0.25) is 0 Å². The van der Waals surface area contributed by atoms with Gasteiger partial charge in [-0.3, -0.25) is 0 Å². The number of rotatable bonds is 4. The Labute approximate surface area is 111 Å². The summed E-state index contributed by atoms with van der Waals surface area (Å²) in [6.45, 7) is 7.93. The number of hydrogen-bond acceptors (Lipinski definition) is 2. The van der Waals surface area contributed by atoms with Gasteiger partial charge in [0.25, 0.3) is 0 Å². The summed E-state index contributed by atoms with van der Waals surface area (Å²) in [5.41, 5.74) is 2.88. The summed E-state index contributed by atoms with van der Waals surface area (Å²) in [5.74, 6) is 0.679. The smallest absolute Gasteiger partial charge is 0.0201 e. The van der Waals surface area contributed by atoms with Crippen LogP contribution >= 0.6 is 0 Å². The van der Waals surface area contributed by atoms with Gasteiger partial charge in [0.05, 0.1) is 0 Å². The normalized spacial score (nSPS) is 25.3. The van der Waals surface area contributed by atoms with Crippen molar-refractivity contribution in [1.82, 2.24) is 10.2 Å². The fourth-order valence-corrected chi connectivity index (χ4v) is 2.98.